The van der Waals surface area contributed by atoms with E-state index in [1.54, 1.807) is 20.1 Å². The lowest BCUT2D eigenvalue weighted by atomic mass is 9.96. The zero-order valence-corrected chi connectivity index (χ0v) is 17.3. The highest BCUT2D eigenvalue weighted by molar-refractivity contribution is 6.31. The number of rotatable bonds is 6. The number of halogens is 1. The first-order valence-corrected chi connectivity index (χ1v) is 10.2. The Kier molecular flexibility index (Phi) is 5.06. The van der Waals surface area contributed by atoms with Crippen LogP contribution in [-0.2, 0) is 9.59 Å². The highest BCUT2D eigenvalue weighted by Crippen LogP contribution is 2.42. The molecule has 0 bridgehead atoms. The maximum Gasteiger partial charge on any atom is 0.325 e. The van der Waals surface area contributed by atoms with Gasteiger partial charge in [-0.15, -0.1) is 0 Å². The van der Waals surface area contributed by atoms with Crippen molar-refractivity contribution in [3.05, 3.63) is 23.2 Å². The summed E-state index contributed by atoms with van der Waals surface area (Å²) in [5, 5.41) is 6.32. The number of anilines is 1. The Hall–Kier alpha value is -2.48. The number of methoxy groups -OCH3 is 1. The first-order chi connectivity index (χ1) is 13.8. The van der Waals surface area contributed by atoms with Crippen LogP contribution < -0.4 is 20.3 Å². The number of carbonyl (C=O) groups is 3. The van der Waals surface area contributed by atoms with Crippen LogP contribution in [0.1, 0.15) is 26.2 Å². The minimum atomic E-state index is -0.870. The van der Waals surface area contributed by atoms with Crippen LogP contribution in [0.2, 0.25) is 5.02 Å². The molecule has 0 aromatic heterocycles. The molecule has 4 rings (SSSR count). The van der Waals surface area contributed by atoms with Gasteiger partial charge in [0.25, 0.3) is 5.91 Å². The van der Waals surface area contributed by atoms with Gasteiger partial charge in [0.15, 0.2) is 0 Å². The molecule has 0 radical (unpaired) electrons. The zero-order valence-electron chi connectivity index (χ0n) is 16.5. The highest BCUT2D eigenvalue weighted by Gasteiger charge is 2.56. The van der Waals surface area contributed by atoms with Gasteiger partial charge in [0.1, 0.15) is 17.8 Å². The van der Waals surface area contributed by atoms with Crippen molar-refractivity contribution in [2.45, 2.75) is 37.8 Å². The molecule has 2 unspecified atom stereocenters. The largest absolute Gasteiger partial charge is 0.495 e. The Morgan fingerprint density at radius 3 is 2.79 bits per heavy atom. The fourth-order valence-electron chi connectivity index (χ4n) is 4.22. The summed E-state index contributed by atoms with van der Waals surface area (Å²) in [5.74, 6) is 0.249. The lowest BCUT2D eigenvalue weighted by Crippen LogP contribution is -2.48. The number of carbonyl (C=O) groups excluding carboxylic acids is 3. The molecule has 1 aromatic rings. The van der Waals surface area contributed by atoms with Crippen molar-refractivity contribution in [1.82, 2.24) is 15.5 Å². The molecule has 2 atom stereocenters. The van der Waals surface area contributed by atoms with E-state index in [-0.39, 0.29) is 30.3 Å². The lowest BCUT2D eigenvalue weighted by molar-refractivity contribution is -0.135. The minimum Gasteiger partial charge on any atom is -0.495 e. The Morgan fingerprint density at radius 2 is 2.10 bits per heavy atom. The second-order valence-electron chi connectivity index (χ2n) is 8.11. The summed E-state index contributed by atoms with van der Waals surface area (Å²) in [7, 11) is 1.61. The summed E-state index contributed by atoms with van der Waals surface area (Å²) in [5.41, 5.74) is 0.0102. The van der Waals surface area contributed by atoms with Crippen molar-refractivity contribution in [3.8, 4) is 5.75 Å². The molecule has 4 amide bonds. The number of imide groups is 1. The van der Waals surface area contributed by atoms with E-state index in [0.29, 0.717) is 11.6 Å². The summed E-state index contributed by atoms with van der Waals surface area (Å²) in [6, 6.07) is 4.86. The van der Waals surface area contributed by atoms with Crippen LogP contribution in [0, 0.1) is 5.92 Å². The topological polar surface area (TPSA) is 91.0 Å². The smallest absolute Gasteiger partial charge is 0.325 e. The molecule has 0 spiro atoms. The highest BCUT2D eigenvalue weighted by atomic mass is 35.5. The predicted molar refractivity (Wildman–Crippen MR) is 108 cm³/mol. The summed E-state index contributed by atoms with van der Waals surface area (Å²) < 4.78 is 5.41. The van der Waals surface area contributed by atoms with E-state index in [9.17, 15) is 14.4 Å². The van der Waals surface area contributed by atoms with Gasteiger partial charge in [-0.05, 0) is 50.3 Å². The van der Waals surface area contributed by atoms with E-state index in [0.717, 1.165) is 42.1 Å². The molecule has 1 saturated carbocycles. The number of nitrogens with one attached hydrogen (secondary N) is 2. The molecule has 156 valence electrons. The number of ether oxygens (including phenoxy) is 1. The molecule has 1 aliphatic carbocycles. The predicted octanol–water partition coefficient (Wildman–Crippen LogP) is 1.76. The number of urea groups is 1. The van der Waals surface area contributed by atoms with Crippen LogP contribution in [-0.4, -0.2) is 61.1 Å². The molecule has 2 heterocycles. The third-order valence-corrected chi connectivity index (χ3v) is 6.27. The van der Waals surface area contributed by atoms with E-state index in [1.807, 2.05) is 12.1 Å². The molecule has 3 fully saturated rings. The fourth-order valence-corrected chi connectivity index (χ4v) is 4.39. The van der Waals surface area contributed by atoms with Crippen LogP contribution in [0.4, 0.5) is 10.5 Å². The van der Waals surface area contributed by atoms with E-state index in [1.165, 1.54) is 0 Å². The molecule has 2 N–H and O–H groups in total. The van der Waals surface area contributed by atoms with Gasteiger partial charge in [-0.25, -0.2) is 4.79 Å². The van der Waals surface area contributed by atoms with Crippen molar-refractivity contribution >= 4 is 35.1 Å². The van der Waals surface area contributed by atoms with Crippen LogP contribution in [0.5, 0.6) is 5.75 Å². The second kappa shape index (κ2) is 7.40. The third-order valence-electron chi connectivity index (χ3n) is 6.03. The van der Waals surface area contributed by atoms with Gasteiger partial charge in [0, 0.05) is 24.2 Å². The summed E-state index contributed by atoms with van der Waals surface area (Å²) in [6.45, 7) is 2.83. The monoisotopic (exact) mass is 420 g/mol. The molecule has 2 aliphatic heterocycles. The maximum atomic E-state index is 12.7. The van der Waals surface area contributed by atoms with Crippen LogP contribution in [0.15, 0.2) is 18.2 Å². The van der Waals surface area contributed by atoms with Crippen LogP contribution >= 0.6 is 11.6 Å². The summed E-state index contributed by atoms with van der Waals surface area (Å²) in [4.78, 5) is 40.5. The molecule has 1 aromatic carbocycles. The van der Waals surface area contributed by atoms with Crippen molar-refractivity contribution in [1.29, 1.82) is 0 Å². The van der Waals surface area contributed by atoms with Gasteiger partial charge < -0.3 is 20.3 Å². The number of benzene rings is 1. The number of hydrogen-bond donors (Lipinski definition) is 2. The summed E-state index contributed by atoms with van der Waals surface area (Å²) >= 11 is 6.12. The SMILES string of the molecule is COc1ccc(Cl)cc1N1CCC(NC(=O)CN2C(=O)NC(C)(C3CC3)C2=O)C1. The van der Waals surface area contributed by atoms with Gasteiger partial charge in [-0.3, -0.25) is 14.5 Å². The molecule has 29 heavy (non-hydrogen) atoms. The van der Waals surface area contributed by atoms with E-state index >= 15 is 0 Å². The van der Waals surface area contributed by atoms with Gasteiger partial charge in [-0.1, -0.05) is 11.6 Å². The first-order valence-electron chi connectivity index (χ1n) is 9.84. The third kappa shape index (κ3) is 3.73. The van der Waals surface area contributed by atoms with Crippen molar-refractivity contribution < 1.29 is 19.1 Å². The van der Waals surface area contributed by atoms with E-state index in [2.05, 4.69) is 15.5 Å². The van der Waals surface area contributed by atoms with Gasteiger partial charge in [-0.2, -0.15) is 0 Å². The Balaban J connectivity index is 1.35. The zero-order chi connectivity index (χ0) is 20.8. The summed E-state index contributed by atoms with van der Waals surface area (Å²) in [6.07, 6.45) is 2.60. The average molecular weight is 421 g/mol. The van der Waals surface area contributed by atoms with Crippen molar-refractivity contribution in [2.24, 2.45) is 5.92 Å². The van der Waals surface area contributed by atoms with Crippen molar-refractivity contribution in [2.75, 3.05) is 31.6 Å². The number of hydrogen-bond acceptors (Lipinski definition) is 5. The second-order valence-corrected chi connectivity index (χ2v) is 8.55. The van der Waals surface area contributed by atoms with Crippen molar-refractivity contribution in [3.63, 3.8) is 0 Å². The van der Waals surface area contributed by atoms with E-state index < -0.39 is 11.6 Å². The lowest BCUT2D eigenvalue weighted by Gasteiger charge is -2.22. The standard InChI is InChI=1S/C20H25ClN4O4/c1-20(12-3-4-12)18(27)25(19(28)23-20)11-17(26)22-14-7-8-24(10-14)15-9-13(21)5-6-16(15)29-2/h5-6,9,12,14H,3-4,7-8,10-11H2,1-2H3,(H,22,26)(H,23,28). The fraction of sp³-hybridized carbons (Fsp3) is 0.550. The molecular formula is C20H25ClN4O4. The maximum absolute atomic E-state index is 12.7. The Morgan fingerprint density at radius 1 is 1.34 bits per heavy atom. The van der Waals surface area contributed by atoms with Gasteiger partial charge in [0.05, 0.1) is 12.8 Å². The normalized spacial score (nSPS) is 26.7. The average Bonchev–Trinajstić information content (AvgIpc) is 3.41. The number of amides is 4. The van der Waals surface area contributed by atoms with E-state index in [4.69, 9.17) is 16.3 Å². The quantitative estimate of drug-likeness (QED) is 0.684. The number of nitrogens with zero attached hydrogens (tertiary/aromatic N) is 2. The molecule has 9 heteroatoms. The molecule has 2 saturated heterocycles. The van der Waals surface area contributed by atoms with Crippen LogP contribution in [0.3, 0.4) is 0 Å². The molecular weight excluding hydrogens is 396 g/mol. The molecule has 8 nitrogen and oxygen atoms in total. The molecule has 3 aliphatic rings. The van der Waals surface area contributed by atoms with Crippen LogP contribution in [0.25, 0.3) is 0 Å². The first kappa shape index (κ1) is 19.8. The minimum absolute atomic E-state index is 0.0817. The van der Waals surface area contributed by atoms with Gasteiger partial charge >= 0.3 is 6.03 Å². The van der Waals surface area contributed by atoms with Gasteiger partial charge in [0.2, 0.25) is 5.91 Å². The Labute approximate surface area is 174 Å². The Bertz CT molecular complexity index is 859.